The van der Waals surface area contributed by atoms with Gasteiger partial charge in [0.25, 0.3) is 0 Å². The zero-order valence-corrected chi connectivity index (χ0v) is 13.3. The minimum atomic E-state index is -0.130. The standard InChI is InChI=1S/C15H31N3O2/c1-4-9-18-10-5-6-14(7-11-18)17-13(2)15(19)16-8-12-20-3/h13-14,17H,4-12H2,1-3H3,(H,16,19). The third kappa shape index (κ3) is 6.68. The van der Waals surface area contributed by atoms with Crippen molar-refractivity contribution in [2.24, 2.45) is 0 Å². The lowest BCUT2D eigenvalue weighted by molar-refractivity contribution is -0.123. The molecule has 1 heterocycles. The van der Waals surface area contributed by atoms with E-state index in [1.165, 1.54) is 25.9 Å². The van der Waals surface area contributed by atoms with E-state index in [2.05, 4.69) is 22.5 Å². The molecule has 0 aromatic heterocycles. The highest BCUT2D eigenvalue weighted by Crippen LogP contribution is 2.12. The molecule has 0 spiro atoms. The molecule has 1 aliphatic rings. The van der Waals surface area contributed by atoms with Crippen LogP contribution in [0.5, 0.6) is 0 Å². The largest absolute Gasteiger partial charge is 0.383 e. The molecule has 1 fully saturated rings. The number of hydrogen-bond donors (Lipinski definition) is 2. The van der Waals surface area contributed by atoms with Gasteiger partial charge in [0.1, 0.15) is 0 Å². The first-order valence-corrected chi connectivity index (χ1v) is 7.92. The monoisotopic (exact) mass is 285 g/mol. The first kappa shape index (κ1) is 17.4. The smallest absolute Gasteiger partial charge is 0.236 e. The van der Waals surface area contributed by atoms with Crippen molar-refractivity contribution in [2.45, 2.75) is 51.6 Å². The lowest BCUT2D eigenvalue weighted by Crippen LogP contribution is -2.47. The van der Waals surface area contributed by atoms with E-state index in [0.717, 1.165) is 19.4 Å². The second-order valence-electron chi connectivity index (χ2n) is 5.64. The van der Waals surface area contributed by atoms with Gasteiger partial charge in [-0.3, -0.25) is 4.79 Å². The summed E-state index contributed by atoms with van der Waals surface area (Å²) in [5, 5.41) is 6.35. The number of methoxy groups -OCH3 is 1. The first-order chi connectivity index (χ1) is 9.67. The van der Waals surface area contributed by atoms with E-state index in [-0.39, 0.29) is 11.9 Å². The molecule has 2 atom stereocenters. The van der Waals surface area contributed by atoms with Gasteiger partial charge in [-0.05, 0) is 52.2 Å². The second kappa shape index (κ2) is 10.1. The molecule has 0 bridgehead atoms. The Labute approximate surface area is 123 Å². The summed E-state index contributed by atoms with van der Waals surface area (Å²) >= 11 is 0. The molecule has 0 saturated carbocycles. The first-order valence-electron chi connectivity index (χ1n) is 7.92. The van der Waals surface area contributed by atoms with E-state index in [1.54, 1.807) is 7.11 Å². The molecule has 5 nitrogen and oxygen atoms in total. The molecule has 1 saturated heterocycles. The Bertz CT molecular complexity index is 274. The summed E-state index contributed by atoms with van der Waals surface area (Å²) in [6.07, 6.45) is 4.73. The number of amides is 1. The van der Waals surface area contributed by atoms with Crippen LogP contribution in [0.2, 0.25) is 0 Å². The van der Waals surface area contributed by atoms with Crippen LogP contribution in [0.15, 0.2) is 0 Å². The van der Waals surface area contributed by atoms with Crippen molar-refractivity contribution in [3.05, 3.63) is 0 Å². The predicted octanol–water partition coefficient (Wildman–Crippen LogP) is 0.992. The van der Waals surface area contributed by atoms with Gasteiger partial charge in [0.2, 0.25) is 5.91 Å². The maximum Gasteiger partial charge on any atom is 0.236 e. The third-order valence-corrected chi connectivity index (χ3v) is 3.84. The summed E-state index contributed by atoms with van der Waals surface area (Å²) in [5.74, 6) is 0.0664. The van der Waals surface area contributed by atoms with Crippen LogP contribution in [0, 0.1) is 0 Å². The van der Waals surface area contributed by atoms with Gasteiger partial charge in [-0.15, -0.1) is 0 Å². The fraction of sp³-hybridized carbons (Fsp3) is 0.933. The molecule has 0 radical (unpaired) electrons. The van der Waals surface area contributed by atoms with Crippen molar-refractivity contribution in [2.75, 3.05) is 39.9 Å². The number of carbonyl (C=O) groups excluding carboxylic acids is 1. The molecule has 1 amide bonds. The molecule has 2 unspecified atom stereocenters. The molecule has 2 N–H and O–H groups in total. The normalized spacial score (nSPS) is 22.2. The molecule has 20 heavy (non-hydrogen) atoms. The van der Waals surface area contributed by atoms with Gasteiger partial charge < -0.3 is 20.3 Å². The maximum atomic E-state index is 11.9. The lowest BCUT2D eigenvalue weighted by Gasteiger charge is -2.22. The number of ether oxygens (including phenoxy) is 1. The summed E-state index contributed by atoms with van der Waals surface area (Å²) in [4.78, 5) is 14.4. The average Bonchev–Trinajstić information content (AvgIpc) is 2.65. The van der Waals surface area contributed by atoms with E-state index in [4.69, 9.17) is 4.74 Å². The molecule has 1 rings (SSSR count). The number of likely N-dealkylation sites (tertiary alicyclic amines) is 1. The number of carbonyl (C=O) groups is 1. The van der Waals surface area contributed by atoms with Crippen molar-refractivity contribution in [3.8, 4) is 0 Å². The van der Waals surface area contributed by atoms with Crippen LogP contribution in [0.4, 0.5) is 0 Å². The number of nitrogens with one attached hydrogen (secondary N) is 2. The highest BCUT2D eigenvalue weighted by Gasteiger charge is 2.20. The molecule has 5 heteroatoms. The number of nitrogens with zero attached hydrogens (tertiary/aromatic N) is 1. The van der Waals surface area contributed by atoms with E-state index in [0.29, 0.717) is 19.2 Å². The van der Waals surface area contributed by atoms with Crippen molar-refractivity contribution in [3.63, 3.8) is 0 Å². The van der Waals surface area contributed by atoms with E-state index in [9.17, 15) is 4.79 Å². The summed E-state index contributed by atoms with van der Waals surface area (Å²) in [6.45, 7) is 8.85. The van der Waals surface area contributed by atoms with Gasteiger partial charge in [0.05, 0.1) is 12.6 Å². The van der Waals surface area contributed by atoms with Gasteiger partial charge in [-0.2, -0.15) is 0 Å². The summed E-state index contributed by atoms with van der Waals surface area (Å²) in [7, 11) is 1.64. The molecular formula is C15H31N3O2. The zero-order chi connectivity index (χ0) is 14.8. The Hall–Kier alpha value is -0.650. The minimum absolute atomic E-state index is 0.0664. The molecular weight excluding hydrogens is 254 g/mol. The fourth-order valence-electron chi connectivity index (χ4n) is 2.72. The molecule has 0 aromatic rings. The van der Waals surface area contributed by atoms with Gasteiger partial charge in [0.15, 0.2) is 0 Å². The van der Waals surface area contributed by atoms with E-state index < -0.39 is 0 Å². The maximum absolute atomic E-state index is 11.9. The lowest BCUT2D eigenvalue weighted by atomic mass is 10.1. The van der Waals surface area contributed by atoms with Gasteiger partial charge in [-0.25, -0.2) is 0 Å². The Balaban J connectivity index is 2.27. The topological polar surface area (TPSA) is 53.6 Å². The molecule has 0 aliphatic carbocycles. The summed E-state index contributed by atoms with van der Waals surface area (Å²) < 4.78 is 4.93. The Morgan fingerprint density at radius 2 is 2.20 bits per heavy atom. The zero-order valence-electron chi connectivity index (χ0n) is 13.3. The Morgan fingerprint density at radius 1 is 1.40 bits per heavy atom. The van der Waals surface area contributed by atoms with Gasteiger partial charge in [0, 0.05) is 19.7 Å². The van der Waals surface area contributed by atoms with Crippen LogP contribution >= 0.6 is 0 Å². The van der Waals surface area contributed by atoms with Crippen LogP contribution in [0.3, 0.4) is 0 Å². The highest BCUT2D eigenvalue weighted by atomic mass is 16.5. The van der Waals surface area contributed by atoms with Crippen molar-refractivity contribution in [1.82, 2.24) is 15.5 Å². The fourth-order valence-corrected chi connectivity index (χ4v) is 2.72. The van der Waals surface area contributed by atoms with Gasteiger partial charge in [-0.1, -0.05) is 6.92 Å². The molecule has 118 valence electrons. The molecule has 1 aliphatic heterocycles. The van der Waals surface area contributed by atoms with Crippen LogP contribution in [-0.2, 0) is 9.53 Å². The van der Waals surface area contributed by atoms with Crippen LogP contribution in [-0.4, -0.2) is 62.8 Å². The van der Waals surface area contributed by atoms with E-state index >= 15 is 0 Å². The molecule has 0 aromatic carbocycles. The summed E-state index contributed by atoms with van der Waals surface area (Å²) in [5.41, 5.74) is 0. The minimum Gasteiger partial charge on any atom is -0.383 e. The Morgan fingerprint density at radius 3 is 2.90 bits per heavy atom. The van der Waals surface area contributed by atoms with E-state index in [1.807, 2.05) is 6.92 Å². The third-order valence-electron chi connectivity index (χ3n) is 3.84. The van der Waals surface area contributed by atoms with Crippen molar-refractivity contribution >= 4 is 5.91 Å². The predicted molar refractivity (Wildman–Crippen MR) is 81.9 cm³/mol. The van der Waals surface area contributed by atoms with Crippen LogP contribution in [0.1, 0.15) is 39.5 Å². The second-order valence-corrected chi connectivity index (χ2v) is 5.64. The average molecular weight is 285 g/mol. The van der Waals surface area contributed by atoms with Crippen molar-refractivity contribution < 1.29 is 9.53 Å². The van der Waals surface area contributed by atoms with Crippen LogP contribution < -0.4 is 10.6 Å². The quantitative estimate of drug-likeness (QED) is 0.653. The Kier molecular flexibility index (Phi) is 8.82. The highest BCUT2D eigenvalue weighted by molar-refractivity contribution is 5.81. The number of hydrogen-bond acceptors (Lipinski definition) is 4. The van der Waals surface area contributed by atoms with Crippen molar-refractivity contribution in [1.29, 1.82) is 0 Å². The van der Waals surface area contributed by atoms with Crippen LogP contribution in [0.25, 0.3) is 0 Å². The summed E-state index contributed by atoms with van der Waals surface area (Å²) in [6, 6.07) is 0.328. The SMILES string of the molecule is CCCN1CCCC(NC(C)C(=O)NCCOC)CC1. The van der Waals surface area contributed by atoms with Gasteiger partial charge >= 0.3 is 0 Å². The number of rotatable bonds is 8.